The maximum absolute atomic E-state index is 12.1. The minimum atomic E-state index is -0.0400. The van der Waals surface area contributed by atoms with Crippen molar-refractivity contribution in [3.05, 3.63) is 24.3 Å². The first-order chi connectivity index (χ1) is 8.66. The second-order valence-corrected chi connectivity index (χ2v) is 4.94. The third-order valence-corrected chi connectivity index (χ3v) is 3.26. The number of hydrogen-bond donors (Lipinski definition) is 2. The Morgan fingerprint density at radius 1 is 1.39 bits per heavy atom. The molecule has 1 aromatic carbocycles. The first-order valence-corrected chi connectivity index (χ1v) is 6.48. The minimum absolute atomic E-state index is 0.0400. The van der Waals surface area contributed by atoms with E-state index in [2.05, 4.69) is 10.6 Å². The summed E-state index contributed by atoms with van der Waals surface area (Å²) < 4.78 is 0. The first kappa shape index (κ1) is 12.9. The summed E-state index contributed by atoms with van der Waals surface area (Å²) >= 11 is 0. The molecule has 0 bridgehead atoms. The maximum atomic E-state index is 12.1. The van der Waals surface area contributed by atoms with Crippen molar-refractivity contribution >= 4 is 17.3 Å². The number of anilines is 2. The average molecular weight is 247 g/mol. The first-order valence-electron chi connectivity index (χ1n) is 6.48. The topological polar surface area (TPSA) is 44.4 Å². The molecule has 2 N–H and O–H groups in total. The van der Waals surface area contributed by atoms with E-state index in [1.807, 2.05) is 43.3 Å². The molecule has 1 aromatic rings. The van der Waals surface area contributed by atoms with Gasteiger partial charge in [0, 0.05) is 25.5 Å². The summed E-state index contributed by atoms with van der Waals surface area (Å²) in [4.78, 5) is 14.1. The fourth-order valence-corrected chi connectivity index (χ4v) is 2.17. The molecule has 0 aromatic heterocycles. The predicted molar refractivity (Wildman–Crippen MR) is 75.0 cm³/mol. The van der Waals surface area contributed by atoms with Crippen molar-refractivity contribution in [3.8, 4) is 0 Å². The predicted octanol–water partition coefficient (Wildman–Crippen LogP) is 1.83. The fraction of sp³-hybridized carbons (Fsp3) is 0.500. The molecule has 18 heavy (non-hydrogen) atoms. The van der Waals surface area contributed by atoms with E-state index in [9.17, 15) is 4.79 Å². The number of benzene rings is 1. The summed E-state index contributed by atoms with van der Waals surface area (Å²) in [5.41, 5.74) is 1.95. The highest BCUT2D eigenvalue weighted by Gasteiger charge is 2.20. The molecule has 0 radical (unpaired) electrons. The van der Waals surface area contributed by atoms with Gasteiger partial charge in [0.2, 0.25) is 5.91 Å². The molecule has 1 aliphatic rings. The van der Waals surface area contributed by atoms with E-state index in [4.69, 9.17) is 0 Å². The number of carbonyl (C=O) groups is 1. The van der Waals surface area contributed by atoms with Gasteiger partial charge >= 0.3 is 0 Å². The zero-order valence-corrected chi connectivity index (χ0v) is 11.1. The summed E-state index contributed by atoms with van der Waals surface area (Å²) in [6, 6.07) is 7.85. The molecule has 1 amide bonds. The molecule has 1 fully saturated rings. The quantitative estimate of drug-likeness (QED) is 0.856. The maximum Gasteiger partial charge on any atom is 0.241 e. The van der Waals surface area contributed by atoms with Gasteiger partial charge in [0.1, 0.15) is 0 Å². The van der Waals surface area contributed by atoms with Crippen LogP contribution in [0.25, 0.3) is 0 Å². The van der Waals surface area contributed by atoms with Gasteiger partial charge in [-0.15, -0.1) is 0 Å². The summed E-state index contributed by atoms with van der Waals surface area (Å²) in [7, 11) is 3.98. The van der Waals surface area contributed by atoms with E-state index < -0.39 is 0 Å². The zero-order chi connectivity index (χ0) is 13.0. The van der Waals surface area contributed by atoms with Crippen LogP contribution in [0.3, 0.4) is 0 Å². The van der Waals surface area contributed by atoms with Gasteiger partial charge in [0.05, 0.1) is 6.04 Å². The van der Waals surface area contributed by atoms with E-state index >= 15 is 0 Å². The lowest BCUT2D eigenvalue weighted by atomic mass is 10.0. The fourth-order valence-electron chi connectivity index (χ4n) is 2.17. The van der Waals surface area contributed by atoms with Crippen molar-refractivity contribution in [2.24, 2.45) is 0 Å². The molecule has 98 valence electrons. The average Bonchev–Trinajstić information content (AvgIpc) is 2.40. The Hall–Kier alpha value is -1.55. The van der Waals surface area contributed by atoms with Crippen LogP contribution in [-0.2, 0) is 4.79 Å². The summed E-state index contributed by atoms with van der Waals surface area (Å²) in [6.45, 7) is 0.940. The van der Waals surface area contributed by atoms with Crippen molar-refractivity contribution in [1.82, 2.24) is 5.32 Å². The molecule has 4 nitrogen and oxygen atoms in total. The number of hydrogen-bond acceptors (Lipinski definition) is 3. The largest absolute Gasteiger partial charge is 0.378 e. The second kappa shape index (κ2) is 5.87. The number of amides is 1. The third kappa shape index (κ3) is 3.23. The van der Waals surface area contributed by atoms with E-state index in [1.54, 1.807) is 0 Å². The third-order valence-electron chi connectivity index (χ3n) is 3.26. The Kier molecular flexibility index (Phi) is 4.20. The Morgan fingerprint density at radius 2 is 2.22 bits per heavy atom. The minimum Gasteiger partial charge on any atom is -0.378 e. The van der Waals surface area contributed by atoms with E-state index in [-0.39, 0.29) is 11.9 Å². The van der Waals surface area contributed by atoms with Crippen LogP contribution < -0.4 is 15.5 Å². The number of rotatable bonds is 3. The second-order valence-electron chi connectivity index (χ2n) is 4.94. The van der Waals surface area contributed by atoms with Gasteiger partial charge in [-0.1, -0.05) is 12.5 Å². The van der Waals surface area contributed by atoms with Gasteiger partial charge < -0.3 is 15.5 Å². The van der Waals surface area contributed by atoms with Crippen molar-refractivity contribution < 1.29 is 4.79 Å². The molecule has 4 heteroatoms. The molecule has 0 spiro atoms. The van der Waals surface area contributed by atoms with Crippen molar-refractivity contribution in [1.29, 1.82) is 0 Å². The lowest BCUT2D eigenvalue weighted by Gasteiger charge is -2.22. The SMILES string of the molecule is CN(C)c1cccc(NC(=O)[C@H]2CCCCN2)c1. The molecule has 1 heterocycles. The molecule has 0 unspecified atom stereocenters. The lowest BCUT2D eigenvalue weighted by molar-refractivity contribution is -0.118. The molecule has 1 atom stereocenters. The molecular formula is C14H21N3O. The van der Waals surface area contributed by atoms with E-state index in [0.717, 1.165) is 30.8 Å². The van der Waals surface area contributed by atoms with Crippen LogP contribution in [0.5, 0.6) is 0 Å². The highest BCUT2D eigenvalue weighted by Crippen LogP contribution is 2.18. The van der Waals surface area contributed by atoms with Gasteiger partial charge in [-0.05, 0) is 37.6 Å². The van der Waals surface area contributed by atoms with Crippen LogP contribution in [0.15, 0.2) is 24.3 Å². The number of carbonyl (C=O) groups excluding carboxylic acids is 1. The smallest absolute Gasteiger partial charge is 0.241 e. The van der Waals surface area contributed by atoms with Gasteiger partial charge in [0.15, 0.2) is 0 Å². The highest BCUT2D eigenvalue weighted by molar-refractivity contribution is 5.95. The molecule has 1 saturated heterocycles. The normalized spacial score (nSPS) is 19.3. The van der Waals surface area contributed by atoms with Crippen LogP contribution in [-0.4, -0.2) is 32.6 Å². The molecular weight excluding hydrogens is 226 g/mol. The molecule has 1 aliphatic heterocycles. The monoisotopic (exact) mass is 247 g/mol. The number of nitrogens with zero attached hydrogens (tertiary/aromatic N) is 1. The van der Waals surface area contributed by atoms with E-state index in [0.29, 0.717) is 0 Å². The van der Waals surface area contributed by atoms with Crippen LogP contribution in [0.2, 0.25) is 0 Å². The summed E-state index contributed by atoms with van der Waals surface area (Å²) in [5.74, 6) is 0.0746. The Bertz CT molecular complexity index is 411. The molecule has 0 aliphatic carbocycles. The van der Waals surface area contributed by atoms with Gasteiger partial charge in [-0.2, -0.15) is 0 Å². The van der Waals surface area contributed by atoms with Crippen molar-refractivity contribution in [2.75, 3.05) is 30.9 Å². The Morgan fingerprint density at radius 3 is 2.89 bits per heavy atom. The summed E-state index contributed by atoms with van der Waals surface area (Å²) in [6.07, 6.45) is 3.22. The lowest BCUT2D eigenvalue weighted by Crippen LogP contribution is -2.43. The van der Waals surface area contributed by atoms with Gasteiger partial charge in [0.25, 0.3) is 0 Å². The Balaban J connectivity index is 1.99. The standard InChI is InChI=1S/C14H21N3O/c1-17(2)12-7-5-6-11(10-12)16-14(18)13-8-3-4-9-15-13/h5-7,10,13,15H,3-4,8-9H2,1-2H3,(H,16,18)/t13-/m1/s1. The van der Waals surface area contributed by atoms with Gasteiger partial charge in [-0.25, -0.2) is 0 Å². The van der Waals surface area contributed by atoms with E-state index in [1.165, 1.54) is 6.42 Å². The van der Waals surface area contributed by atoms with Crippen LogP contribution in [0.1, 0.15) is 19.3 Å². The van der Waals surface area contributed by atoms with Crippen LogP contribution >= 0.6 is 0 Å². The van der Waals surface area contributed by atoms with Gasteiger partial charge in [-0.3, -0.25) is 4.79 Å². The van der Waals surface area contributed by atoms with Crippen LogP contribution in [0, 0.1) is 0 Å². The van der Waals surface area contributed by atoms with Crippen molar-refractivity contribution in [2.45, 2.75) is 25.3 Å². The highest BCUT2D eigenvalue weighted by atomic mass is 16.2. The molecule has 2 rings (SSSR count). The number of piperidine rings is 1. The zero-order valence-electron chi connectivity index (χ0n) is 11.1. The Labute approximate surface area is 108 Å². The van der Waals surface area contributed by atoms with Crippen molar-refractivity contribution in [3.63, 3.8) is 0 Å². The van der Waals surface area contributed by atoms with Crippen LogP contribution in [0.4, 0.5) is 11.4 Å². The number of nitrogens with one attached hydrogen (secondary N) is 2. The molecule has 0 saturated carbocycles. The summed E-state index contributed by atoms with van der Waals surface area (Å²) in [5, 5.41) is 6.23.